The van der Waals surface area contributed by atoms with Crippen molar-refractivity contribution in [2.75, 3.05) is 5.32 Å². The van der Waals surface area contributed by atoms with Gasteiger partial charge in [-0.2, -0.15) is 0 Å². The molecule has 0 aliphatic heterocycles. The maximum Gasteiger partial charge on any atom is 0.188 e. The normalized spacial score (nSPS) is 10.9. The van der Waals surface area contributed by atoms with Gasteiger partial charge in [-0.05, 0) is 52.7 Å². The monoisotopic (exact) mass is 352 g/mol. The van der Waals surface area contributed by atoms with Gasteiger partial charge in [-0.15, -0.1) is 0 Å². The van der Waals surface area contributed by atoms with Crippen molar-refractivity contribution in [3.63, 3.8) is 0 Å². The number of aromatic nitrogens is 1. The van der Waals surface area contributed by atoms with Crippen LogP contribution >= 0.6 is 38.9 Å². The van der Waals surface area contributed by atoms with E-state index in [-0.39, 0.29) is 0 Å². The Morgan fingerprint density at radius 2 is 2.11 bits per heavy atom. The van der Waals surface area contributed by atoms with Gasteiger partial charge in [0.25, 0.3) is 0 Å². The summed E-state index contributed by atoms with van der Waals surface area (Å²) in [7, 11) is 0. The molecule has 0 amide bonds. The van der Waals surface area contributed by atoms with Crippen LogP contribution < -0.4 is 5.32 Å². The second-order valence-electron chi connectivity index (χ2n) is 4.19. The van der Waals surface area contributed by atoms with Crippen LogP contribution in [0.1, 0.15) is 5.56 Å². The van der Waals surface area contributed by atoms with Crippen LogP contribution in [0.3, 0.4) is 0 Å². The number of benzene rings is 2. The summed E-state index contributed by atoms with van der Waals surface area (Å²) in [4.78, 5) is 4.54. The number of thiazole rings is 1. The van der Waals surface area contributed by atoms with E-state index >= 15 is 0 Å². The van der Waals surface area contributed by atoms with Gasteiger partial charge in [0, 0.05) is 9.50 Å². The molecule has 19 heavy (non-hydrogen) atoms. The molecule has 1 aromatic heterocycles. The van der Waals surface area contributed by atoms with Crippen molar-refractivity contribution in [3.8, 4) is 0 Å². The second-order valence-corrected chi connectivity index (χ2v) is 6.45. The van der Waals surface area contributed by atoms with Gasteiger partial charge in [-0.25, -0.2) is 4.98 Å². The lowest BCUT2D eigenvalue weighted by atomic mass is 10.2. The Balaban J connectivity index is 1.99. The van der Waals surface area contributed by atoms with E-state index in [2.05, 4.69) is 39.2 Å². The van der Waals surface area contributed by atoms with Crippen LogP contribution in [-0.2, 0) is 0 Å². The van der Waals surface area contributed by atoms with Crippen LogP contribution in [-0.4, -0.2) is 4.98 Å². The molecule has 5 heteroatoms. The highest BCUT2D eigenvalue weighted by atomic mass is 79.9. The smallest absolute Gasteiger partial charge is 0.188 e. The van der Waals surface area contributed by atoms with Crippen molar-refractivity contribution in [1.29, 1.82) is 0 Å². The third kappa shape index (κ3) is 2.61. The van der Waals surface area contributed by atoms with E-state index in [1.165, 1.54) is 5.56 Å². The molecule has 3 rings (SSSR count). The van der Waals surface area contributed by atoms with Crippen LogP contribution in [0.5, 0.6) is 0 Å². The lowest BCUT2D eigenvalue weighted by Crippen LogP contribution is -1.91. The van der Waals surface area contributed by atoms with Crippen molar-refractivity contribution >= 4 is 59.9 Å². The number of nitrogens with zero attached hydrogens (tertiary/aromatic N) is 1. The standard InChI is InChI=1S/C14H10BrClN2S/c1-8-3-2-4-10(13(8)15)17-14-18-11-7-9(16)5-6-12(11)19-14/h2-7H,1H3,(H,17,18). The molecule has 0 fully saturated rings. The van der Waals surface area contributed by atoms with Gasteiger partial charge < -0.3 is 5.32 Å². The molecule has 0 bridgehead atoms. The predicted octanol–water partition coefficient (Wildman–Crippen LogP) is 5.76. The predicted molar refractivity (Wildman–Crippen MR) is 86.8 cm³/mol. The summed E-state index contributed by atoms with van der Waals surface area (Å²) in [5, 5.41) is 4.91. The average molecular weight is 354 g/mol. The van der Waals surface area contributed by atoms with Crippen LogP contribution in [0.4, 0.5) is 10.8 Å². The fourth-order valence-corrected chi connectivity index (χ4v) is 3.20. The van der Waals surface area contributed by atoms with Crippen molar-refractivity contribution in [1.82, 2.24) is 4.98 Å². The van der Waals surface area contributed by atoms with Crippen molar-refractivity contribution in [3.05, 3.63) is 51.5 Å². The molecule has 0 unspecified atom stereocenters. The second kappa shape index (κ2) is 5.12. The summed E-state index contributed by atoms with van der Waals surface area (Å²) < 4.78 is 2.18. The Bertz CT molecular complexity index is 754. The number of rotatable bonds is 2. The number of anilines is 2. The quantitative estimate of drug-likeness (QED) is 0.633. The highest BCUT2D eigenvalue weighted by molar-refractivity contribution is 9.10. The van der Waals surface area contributed by atoms with E-state index in [1.807, 2.05) is 30.3 Å². The third-order valence-corrected chi connectivity index (χ3v) is 5.02. The van der Waals surface area contributed by atoms with Gasteiger partial charge in [0.1, 0.15) is 0 Å². The number of hydrogen-bond acceptors (Lipinski definition) is 3. The first-order valence-corrected chi connectivity index (χ1v) is 7.70. The zero-order valence-electron chi connectivity index (χ0n) is 10.1. The van der Waals surface area contributed by atoms with E-state index in [0.29, 0.717) is 5.02 Å². The SMILES string of the molecule is Cc1cccc(Nc2nc3cc(Cl)ccc3s2)c1Br. The number of hydrogen-bond donors (Lipinski definition) is 1. The first-order chi connectivity index (χ1) is 9.13. The summed E-state index contributed by atoms with van der Waals surface area (Å²) in [6.07, 6.45) is 0. The van der Waals surface area contributed by atoms with Crippen LogP contribution in [0, 0.1) is 6.92 Å². The Hall–Kier alpha value is -1.10. The molecule has 2 aromatic carbocycles. The Kier molecular flexibility index (Phi) is 3.48. The van der Waals surface area contributed by atoms with Crippen LogP contribution in [0.15, 0.2) is 40.9 Å². The molecular formula is C14H10BrClN2S. The minimum absolute atomic E-state index is 0.709. The average Bonchev–Trinajstić information content (AvgIpc) is 2.76. The zero-order valence-corrected chi connectivity index (χ0v) is 13.2. The van der Waals surface area contributed by atoms with E-state index in [0.717, 1.165) is 25.5 Å². The van der Waals surface area contributed by atoms with Crippen LogP contribution in [0.25, 0.3) is 10.2 Å². The van der Waals surface area contributed by atoms with Gasteiger partial charge in [0.15, 0.2) is 5.13 Å². The Morgan fingerprint density at radius 1 is 1.26 bits per heavy atom. The summed E-state index contributed by atoms with van der Waals surface area (Å²) in [5.74, 6) is 0. The first-order valence-electron chi connectivity index (χ1n) is 5.72. The largest absolute Gasteiger partial charge is 0.331 e. The van der Waals surface area contributed by atoms with Gasteiger partial charge >= 0.3 is 0 Å². The molecule has 0 spiro atoms. The highest BCUT2D eigenvalue weighted by Crippen LogP contribution is 2.33. The molecule has 0 radical (unpaired) electrons. The molecule has 0 saturated heterocycles. The lowest BCUT2D eigenvalue weighted by molar-refractivity contribution is 1.39. The van der Waals surface area contributed by atoms with Gasteiger partial charge in [-0.3, -0.25) is 0 Å². The van der Waals surface area contributed by atoms with Gasteiger partial charge in [0.05, 0.1) is 15.9 Å². The van der Waals surface area contributed by atoms with E-state index in [1.54, 1.807) is 11.3 Å². The van der Waals surface area contributed by atoms with E-state index < -0.39 is 0 Å². The molecule has 96 valence electrons. The van der Waals surface area contributed by atoms with Gasteiger partial charge in [0.2, 0.25) is 0 Å². The molecule has 0 atom stereocenters. The maximum atomic E-state index is 5.97. The lowest BCUT2D eigenvalue weighted by Gasteiger charge is -2.07. The molecule has 3 aromatic rings. The van der Waals surface area contributed by atoms with Crippen molar-refractivity contribution < 1.29 is 0 Å². The summed E-state index contributed by atoms with van der Waals surface area (Å²) in [6.45, 7) is 2.06. The third-order valence-electron chi connectivity index (χ3n) is 2.78. The summed E-state index contributed by atoms with van der Waals surface area (Å²) in [5.41, 5.74) is 3.13. The molecule has 1 heterocycles. The Morgan fingerprint density at radius 3 is 2.95 bits per heavy atom. The highest BCUT2D eigenvalue weighted by Gasteiger charge is 2.07. The Labute approximate surface area is 128 Å². The van der Waals surface area contributed by atoms with E-state index in [9.17, 15) is 0 Å². The van der Waals surface area contributed by atoms with Crippen molar-refractivity contribution in [2.24, 2.45) is 0 Å². The fourth-order valence-electron chi connectivity index (χ4n) is 1.81. The fraction of sp³-hybridized carbons (Fsp3) is 0.0714. The van der Waals surface area contributed by atoms with Gasteiger partial charge in [-0.1, -0.05) is 35.1 Å². The molecule has 0 aliphatic rings. The zero-order chi connectivity index (χ0) is 13.4. The summed E-state index contributed by atoms with van der Waals surface area (Å²) >= 11 is 11.2. The minimum Gasteiger partial charge on any atom is -0.331 e. The molecule has 1 N–H and O–H groups in total. The maximum absolute atomic E-state index is 5.97. The van der Waals surface area contributed by atoms with Crippen molar-refractivity contribution in [2.45, 2.75) is 6.92 Å². The van der Waals surface area contributed by atoms with E-state index in [4.69, 9.17) is 11.6 Å². The number of nitrogens with one attached hydrogen (secondary N) is 1. The van der Waals surface area contributed by atoms with Crippen LogP contribution in [0.2, 0.25) is 5.02 Å². The molecule has 0 aliphatic carbocycles. The molecular weight excluding hydrogens is 344 g/mol. The summed E-state index contributed by atoms with van der Waals surface area (Å²) in [6, 6.07) is 11.9. The molecule has 2 nitrogen and oxygen atoms in total. The topological polar surface area (TPSA) is 24.9 Å². The number of halogens is 2. The first kappa shape index (κ1) is 12.9. The molecule has 0 saturated carbocycles. The minimum atomic E-state index is 0.709. The number of aryl methyl sites for hydroxylation is 1. The number of fused-ring (bicyclic) bond motifs is 1.